The van der Waals surface area contributed by atoms with Crippen LogP contribution in [-0.4, -0.2) is 30.6 Å². The number of anilines is 2. The van der Waals surface area contributed by atoms with E-state index in [9.17, 15) is 4.79 Å². The predicted molar refractivity (Wildman–Crippen MR) is 105 cm³/mol. The topological polar surface area (TPSA) is 54.5 Å². The van der Waals surface area contributed by atoms with Crippen LogP contribution in [0.25, 0.3) is 0 Å². The number of aryl methyl sites for hydroxylation is 1. The third-order valence-electron chi connectivity index (χ3n) is 5.01. The molecular formula is C21H27N3O2. The minimum absolute atomic E-state index is 0.230. The molecule has 0 bridgehead atoms. The molecule has 1 aromatic carbocycles. The van der Waals surface area contributed by atoms with Gasteiger partial charge in [-0.15, -0.1) is 0 Å². The number of pyridine rings is 1. The van der Waals surface area contributed by atoms with Gasteiger partial charge < -0.3 is 15.0 Å². The SMILES string of the molecule is CCC1CCCCN1c1ccc(C(=O)Nc2cc(C)ccc2OC)nc1. The Morgan fingerprint density at radius 2 is 2.15 bits per heavy atom. The number of benzene rings is 1. The second-order valence-electron chi connectivity index (χ2n) is 6.81. The van der Waals surface area contributed by atoms with Crippen LogP contribution in [0.1, 0.15) is 48.7 Å². The zero-order valence-electron chi connectivity index (χ0n) is 15.8. The molecule has 1 N–H and O–H groups in total. The molecule has 1 fully saturated rings. The summed E-state index contributed by atoms with van der Waals surface area (Å²) in [6.45, 7) is 5.27. The van der Waals surface area contributed by atoms with Crippen molar-refractivity contribution in [1.82, 2.24) is 4.98 Å². The number of carbonyl (C=O) groups excluding carboxylic acids is 1. The van der Waals surface area contributed by atoms with Crippen molar-refractivity contribution in [3.8, 4) is 5.75 Å². The van der Waals surface area contributed by atoms with E-state index in [0.29, 0.717) is 23.2 Å². The standard InChI is InChI=1S/C21H27N3O2/c1-4-16-7-5-6-12-24(16)17-9-10-18(22-14-17)21(25)23-19-13-15(2)8-11-20(19)26-3/h8-11,13-14,16H,4-7,12H2,1-3H3,(H,23,25). The molecule has 26 heavy (non-hydrogen) atoms. The molecule has 2 aromatic rings. The van der Waals surface area contributed by atoms with Crippen LogP contribution in [0.3, 0.4) is 0 Å². The van der Waals surface area contributed by atoms with Gasteiger partial charge in [0.2, 0.25) is 0 Å². The lowest BCUT2D eigenvalue weighted by atomic mass is 9.99. The predicted octanol–water partition coefficient (Wildman–Crippen LogP) is 4.42. The molecule has 0 spiro atoms. The maximum Gasteiger partial charge on any atom is 0.274 e. The van der Waals surface area contributed by atoms with E-state index in [1.807, 2.05) is 37.4 Å². The van der Waals surface area contributed by atoms with E-state index in [0.717, 1.165) is 24.2 Å². The van der Waals surface area contributed by atoms with Crippen LogP contribution < -0.4 is 15.0 Å². The van der Waals surface area contributed by atoms with Crippen LogP contribution in [0.4, 0.5) is 11.4 Å². The quantitative estimate of drug-likeness (QED) is 0.864. The highest BCUT2D eigenvalue weighted by Gasteiger charge is 2.21. The number of nitrogens with one attached hydrogen (secondary N) is 1. The largest absolute Gasteiger partial charge is 0.495 e. The fourth-order valence-corrected chi connectivity index (χ4v) is 3.56. The fraction of sp³-hybridized carbons (Fsp3) is 0.429. The lowest BCUT2D eigenvalue weighted by Crippen LogP contribution is -2.39. The van der Waals surface area contributed by atoms with Crippen LogP contribution in [0.15, 0.2) is 36.5 Å². The smallest absolute Gasteiger partial charge is 0.274 e. The number of carbonyl (C=O) groups is 1. The van der Waals surface area contributed by atoms with Crippen molar-refractivity contribution >= 4 is 17.3 Å². The Hall–Kier alpha value is -2.56. The lowest BCUT2D eigenvalue weighted by molar-refractivity contribution is 0.102. The normalized spacial score (nSPS) is 17.0. The van der Waals surface area contributed by atoms with E-state index in [2.05, 4.69) is 22.1 Å². The van der Waals surface area contributed by atoms with Gasteiger partial charge in [0.1, 0.15) is 11.4 Å². The molecule has 1 aliphatic rings. The first-order valence-electron chi connectivity index (χ1n) is 9.31. The number of nitrogens with zero attached hydrogens (tertiary/aromatic N) is 2. The number of piperidine rings is 1. The number of rotatable bonds is 5. The molecule has 1 aliphatic heterocycles. The summed E-state index contributed by atoms with van der Waals surface area (Å²) in [6, 6.07) is 10.1. The molecule has 1 saturated heterocycles. The van der Waals surface area contributed by atoms with Gasteiger partial charge in [0.25, 0.3) is 5.91 Å². The summed E-state index contributed by atoms with van der Waals surface area (Å²) in [5.74, 6) is 0.408. The monoisotopic (exact) mass is 353 g/mol. The number of ether oxygens (including phenoxy) is 1. The number of hydrogen-bond donors (Lipinski definition) is 1. The van der Waals surface area contributed by atoms with Gasteiger partial charge in [-0.05, 0) is 62.4 Å². The van der Waals surface area contributed by atoms with Crippen LogP contribution in [-0.2, 0) is 0 Å². The van der Waals surface area contributed by atoms with E-state index in [1.54, 1.807) is 13.2 Å². The Balaban J connectivity index is 1.74. The van der Waals surface area contributed by atoms with E-state index in [-0.39, 0.29) is 5.91 Å². The van der Waals surface area contributed by atoms with Crippen molar-refractivity contribution < 1.29 is 9.53 Å². The minimum atomic E-state index is -0.230. The molecule has 2 heterocycles. The molecule has 0 aliphatic carbocycles. The van der Waals surface area contributed by atoms with Crippen molar-refractivity contribution in [2.45, 2.75) is 45.6 Å². The molecule has 1 aromatic heterocycles. The van der Waals surface area contributed by atoms with Crippen molar-refractivity contribution in [2.24, 2.45) is 0 Å². The second kappa shape index (κ2) is 8.21. The van der Waals surface area contributed by atoms with E-state index >= 15 is 0 Å². The highest BCUT2D eigenvalue weighted by molar-refractivity contribution is 6.03. The average Bonchev–Trinajstić information content (AvgIpc) is 2.68. The number of hydrogen-bond acceptors (Lipinski definition) is 4. The zero-order chi connectivity index (χ0) is 18.5. The molecule has 5 nitrogen and oxygen atoms in total. The van der Waals surface area contributed by atoms with E-state index in [1.165, 1.54) is 19.3 Å². The van der Waals surface area contributed by atoms with E-state index < -0.39 is 0 Å². The van der Waals surface area contributed by atoms with Crippen LogP contribution in [0.5, 0.6) is 5.75 Å². The summed E-state index contributed by atoms with van der Waals surface area (Å²) in [5.41, 5.74) is 3.22. The van der Waals surface area contributed by atoms with Crippen molar-refractivity contribution in [3.63, 3.8) is 0 Å². The van der Waals surface area contributed by atoms with Gasteiger partial charge in [-0.1, -0.05) is 13.0 Å². The fourth-order valence-electron chi connectivity index (χ4n) is 3.56. The maximum atomic E-state index is 12.6. The summed E-state index contributed by atoms with van der Waals surface area (Å²) in [7, 11) is 1.59. The summed E-state index contributed by atoms with van der Waals surface area (Å²) in [4.78, 5) is 19.4. The van der Waals surface area contributed by atoms with Gasteiger partial charge in [-0.2, -0.15) is 0 Å². The minimum Gasteiger partial charge on any atom is -0.495 e. The molecule has 1 amide bonds. The lowest BCUT2D eigenvalue weighted by Gasteiger charge is -2.37. The van der Waals surface area contributed by atoms with Crippen LogP contribution in [0.2, 0.25) is 0 Å². The first-order chi connectivity index (χ1) is 12.6. The van der Waals surface area contributed by atoms with Crippen LogP contribution in [0, 0.1) is 6.92 Å². The Bertz CT molecular complexity index is 758. The molecular weight excluding hydrogens is 326 g/mol. The van der Waals surface area contributed by atoms with Crippen molar-refractivity contribution in [3.05, 3.63) is 47.8 Å². The molecule has 5 heteroatoms. The Morgan fingerprint density at radius 1 is 1.31 bits per heavy atom. The molecule has 0 saturated carbocycles. The highest BCUT2D eigenvalue weighted by Crippen LogP contribution is 2.27. The molecule has 0 radical (unpaired) electrons. The molecule has 3 rings (SSSR count). The maximum absolute atomic E-state index is 12.6. The number of aromatic nitrogens is 1. The third kappa shape index (κ3) is 3.98. The first kappa shape index (κ1) is 18.2. The van der Waals surface area contributed by atoms with Gasteiger partial charge in [-0.3, -0.25) is 4.79 Å². The van der Waals surface area contributed by atoms with Gasteiger partial charge >= 0.3 is 0 Å². The first-order valence-corrected chi connectivity index (χ1v) is 9.31. The second-order valence-corrected chi connectivity index (χ2v) is 6.81. The summed E-state index contributed by atoms with van der Waals surface area (Å²) < 4.78 is 5.32. The number of methoxy groups -OCH3 is 1. The highest BCUT2D eigenvalue weighted by atomic mass is 16.5. The van der Waals surface area contributed by atoms with E-state index in [4.69, 9.17) is 4.74 Å². The van der Waals surface area contributed by atoms with Gasteiger partial charge in [0.15, 0.2) is 0 Å². The number of amides is 1. The third-order valence-corrected chi connectivity index (χ3v) is 5.01. The van der Waals surface area contributed by atoms with Crippen molar-refractivity contribution in [1.29, 1.82) is 0 Å². The van der Waals surface area contributed by atoms with Gasteiger partial charge in [-0.25, -0.2) is 4.98 Å². The summed E-state index contributed by atoms with van der Waals surface area (Å²) in [6.07, 6.45) is 6.69. The zero-order valence-corrected chi connectivity index (χ0v) is 15.8. The molecule has 1 unspecified atom stereocenters. The van der Waals surface area contributed by atoms with Gasteiger partial charge in [0.05, 0.1) is 24.7 Å². The van der Waals surface area contributed by atoms with Crippen LogP contribution >= 0.6 is 0 Å². The Kier molecular flexibility index (Phi) is 5.76. The van der Waals surface area contributed by atoms with Gasteiger partial charge in [0, 0.05) is 12.6 Å². The Morgan fingerprint density at radius 3 is 2.85 bits per heavy atom. The van der Waals surface area contributed by atoms with Crippen molar-refractivity contribution in [2.75, 3.05) is 23.9 Å². The molecule has 138 valence electrons. The average molecular weight is 353 g/mol. The molecule has 1 atom stereocenters. The Labute approximate surface area is 155 Å². The summed E-state index contributed by atoms with van der Waals surface area (Å²) in [5, 5.41) is 2.90. The summed E-state index contributed by atoms with van der Waals surface area (Å²) >= 11 is 0.